The van der Waals surface area contributed by atoms with Gasteiger partial charge in [0.1, 0.15) is 6.61 Å². The summed E-state index contributed by atoms with van der Waals surface area (Å²) in [4.78, 5) is 39.3. The number of rotatable bonds is 4. The lowest BCUT2D eigenvalue weighted by Gasteiger charge is -2.14. The standard InChI is InChI=1S/C13H14N2O6/c1-19-12(17)10-9(11(16)15-21-10)14-13(18)20-7-8-5-3-2-4-6-8/h2-6,9-10H,7H2,1H3,(H,14,18)(H,15,16). The van der Waals surface area contributed by atoms with E-state index in [1.807, 2.05) is 23.7 Å². The first kappa shape index (κ1) is 14.8. The summed E-state index contributed by atoms with van der Waals surface area (Å²) in [6.45, 7) is 0.0464. The largest absolute Gasteiger partial charge is 0.467 e. The van der Waals surface area contributed by atoms with Gasteiger partial charge in [0.15, 0.2) is 6.04 Å². The molecule has 8 heteroatoms. The maximum Gasteiger partial charge on any atom is 0.408 e. The van der Waals surface area contributed by atoms with Crippen LogP contribution in [-0.2, 0) is 30.5 Å². The predicted octanol–water partition coefficient (Wildman–Crippen LogP) is -0.116. The Morgan fingerprint density at radius 2 is 2.05 bits per heavy atom. The number of methoxy groups -OCH3 is 1. The van der Waals surface area contributed by atoms with Crippen molar-refractivity contribution in [2.45, 2.75) is 18.8 Å². The summed E-state index contributed by atoms with van der Waals surface area (Å²) < 4.78 is 9.44. The van der Waals surface area contributed by atoms with Crippen LogP contribution in [0.3, 0.4) is 0 Å². The minimum atomic E-state index is -1.24. The van der Waals surface area contributed by atoms with Crippen LogP contribution < -0.4 is 10.8 Å². The molecular weight excluding hydrogens is 280 g/mol. The van der Waals surface area contributed by atoms with E-state index < -0.39 is 30.1 Å². The molecule has 2 amide bonds. The van der Waals surface area contributed by atoms with Crippen molar-refractivity contribution >= 4 is 18.0 Å². The van der Waals surface area contributed by atoms with Crippen molar-refractivity contribution in [1.82, 2.24) is 10.8 Å². The fourth-order valence-electron chi connectivity index (χ4n) is 1.72. The van der Waals surface area contributed by atoms with Gasteiger partial charge in [-0.25, -0.2) is 15.1 Å². The summed E-state index contributed by atoms with van der Waals surface area (Å²) >= 11 is 0. The predicted molar refractivity (Wildman–Crippen MR) is 68.6 cm³/mol. The average Bonchev–Trinajstić information content (AvgIpc) is 2.86. The Morgan fingerprint density at radius 3 is 2.71 bits per heavy atom. The third-order valence-corrected chi connectivity index (χ3v) is 2.79. The first-order valence-corrected chi connectivity index (χ1v) is 6.12. The maximum atomic E-state index is 11.7. The molecule has 2 unspecified atom stereocenters. The molecule has 2 rings (SSSR count). The second-order valence-electron chi connectivity index (χ2n) is 4.21. The summed E-state index contributed by atoms with van der Waals surface area (Å²) in [6, 6.07) is 7.83. The van der Waals surface area contributed by atoms with E-state index in [9.17, 15) is 14.4 Å². The van der Waals surface area contributed by atoms with E-state index in [1.54, 1.807) is 12.1 Å². The third-order valence-electron chi connectivity index (χ3n) is 2.79. The summed E-state index contributed by atoms with van der Waals surface area (Å²) in [6.07, 6.45) is -2.08. The second kappa shape index (κ2) is 6.71. The van der Waals surface area contributed by atoms with Crippen LogP contribution in [0.5, 0.6) is 0 Å². The number of ether oxygens (including phenoxy) is 2. The number of amides is 2. The molecule has 1 aliphatic rings. The Kier molecular flexibility index (Phi) is 4.72. The lowest BCUT2D eigenvalue weighted by atomic mass is 10.1. The molecule has 1 saturated heterocycles. The number of alkyl carbamates (subject to hydrolysis) is 1. The maximum absolute atomic E-state index is 11.7. The molecule has 0 spiro atoms. The van der Waals surface area contributed by atoms with Crippen LogP contribution in [0.25, 0.3) is 0 Å². The van der Waals surface area contributed by atoms with Crippen molar-refractivity contribution in [3.8, 4) is 0 Å². The van der Waals surface area contributed by atoms with Gasteiger partial charge in [-0.05, 0) is 5.56 Å². The SMILES string of the molecule is COC(=O)C1ONC(=O)C1NC(=O)OCc1ccccc1. The van der Waals surface area contributed by atoms with Crippen molar-refractivity contribution in [2.24, 2.45) is 0 Å². The highest BCUT2D eigenvalue weighted by atomic mass is 16.7. The first-order valence-electron chi connectivity index (χ1n) is 6.12. The zero-order valence-electron chi connectivity index (χ0n) is 11.2. The van der Waals surface area contributed by atoms with E-state index in [2.05, 4.69) is 10.1 Å². The zero-order valence-corrected chi connectivity index (χ0v) is 11.2. The van der Waals surface area contributed by atoms with Crippen molar-refractivity contribution in [1.29, 1.82) is 0 Å². The number of esters is 1. The molecule has 0 aromatic heterocycles. The number of carbonyl (C=O) groups is 3. The summed E-state index contributed by atoms with van der Waals surface area (Å²) in [5, 5.41) is 2.27. The molecule has 21 heavy (non-hydrogen) atoms. The van der Waals surface area contributed by atoms with Crippen LogP contribution in [0.1, 0.15) is 5.56 Å². The molecule has 0 bridgehead atoms. The molecule has 1 heterocycles. The third kappa shape index (κ3) is 3.69. The average molecular weight is 294 g/mol. The molecule has 112 valence electrons. The molecule has 0 saturated carbocycles. The van der Waals surface area contributed by atoms with Crippen LogP contribution in [0, 0.1) is 0 Å². The van der Waals surface area contributed by atoms with Gasteiger partial charge in [-0.2, -0.15) is 0 Å². The van der Waals surface area contributed by atoms with E-state index >= 15 is 0 Å². The zero-order chi connectivity index (χ0) is 15.2. The first-order chi connectivity index (χ1) is 10.1. The van der Waals surface area contributed by atoms with E-state index in [4.69, 9.17) is 9.57 Å². The van der Waals surface area contributed by atoms with Gasteiger partial charge in [0.25, 0.3) is 5.91 Å². The van der Waals surface area contributed by atoms with Gasteiger partial charge in [-0.15, -0.1) is 0 Å². The van der Waals surface area contributed by atoms with Gasteiger partial charge in [0.05, 0.1) is 7.11 Å². The molecule has 1 fully saturated rings. The molecule has 8 nitrogen and oxygen atoms in total. The molecule has 1 aromatic rings. The molecule has 2 N–H and O–H groups in total. The number of hydrogen-bond donors (Lipinski definition) is 2. The van der Waals surface area contributed by atoms with Crippen LogP contribution >= 0.6 is 0 Å². The second-order valence-corrected chi connectivity index (χ2v) is 4.21. The number of hydrogen-bond acceptors (Lipinski definition) is 6. The fourth-order valence-corrected chi connectivity index (χ4v) is 1.72. The van der Waals surface area contributed by atoms with Gasteiger partial charge in [-0.3, -0.25) is 9.63 Å². The number of benzene rings is 1. The Labute approximate surface area is 120 Å². The quantitative estimate of drug-likeness (QED) is 0.751. The van der Waals surface area contributed by atoms with Crippen LogP contribution in [0.4, 0.5) is 4.79 Å². The Bertz CT molecular complexity index is 533. The lowest BCUT2D eigenvalue weighted by Crippen LogP contribution is -2.48. The van der Waals surface area contributed by atoms with Gasteiger partial charge < -0.3 is 14.8 Å². The molecule has 1 aliphatic heterocycles. The number of hydroxylamine groups is 1. The Morgan fingerprint density at radius 1 is 1.33 bits per heavy atom. The molecule has 0 aliphatic carbocycles. The molecule has 1 aromatic carbocycles. The van der Waals surface area contributed by atoms with Crippen LogP contribution in [0.2, 0.25) is 0 Å². The van der Waals surface area contributed by atoms with Crippen LogP contribution in [-0.4, -0.2) is 37.2 Å². The van der Waals surface area contributed by atoms with Gasteiger partial charge in [0, 0.05) is 0 Å². The monoisotopic (exact) mass is 294 g/mol. The topological polar surface area (TPSA) is 103 Å². The van der Waals surface area contributed by atoms with Gasteiger partial charge in [0.2, 0.25) is 6.10 Å². The Hall–Kier alpha value is -2.61. The van der Waals surface area contributed by atoms with Crippen molar-refractivity contribution in [3.05, 3.63) is 35.9 Å². The normalized spacial score (nSPS) is 20.5. The smallest absolute Gasteiger partial charge is 0.408 e. The van der Waals surface area contributed by atoms with Gasteiger partial charge in [-0.1, -0.05) is 30.3 Å². The van der Waals surface area contributed by atoms with Gasteiger partial charge >= 0.3 is 12.1 Å². The number of nitrogens with one attached hydrogen (secondary N) is 2. The number of carbonyl (C=O) groups excluding carboxylic acids is 3. The summed E-state index contributed by atoms with van der Waals surface area (Å²) in [5.41, 5.74) is 2.80. The van der Waals surface area contributed by atoms with E-state index in [1.165, 1.54) is 0 Å². The summed E-state index contributed by atoms with van der Waals surface area (Å²) in [5.74, 6) is -1.43. The Balaban J connectivity index is 1.89. The van der Waals surface area contributed by atoms with E-state index in [-0.39, 0.29) is 6.61 Å². The van der Waals surface area contributed by atoms with Crippen molar-refractivity contribution in [2.75, 3.05) is 7.11 Å². The molecule has 0 radical (unpaired) electrons. The minimum absolute atomic E-state index is 0.0464. The van der Waals surface area contributed by atoms with Crippen molar-refractivity contribution < 1.29 is 28.7 Å². The lowest BCUT2D eigenvalue weighted by molar-refractivity contribution is -0.154. The highest BCUT2D eigenvalue weighted by Gasteiger charge is 2.43. The molecule has 2 atom stereocenters. The summed E-state index contributed by atoms with van der Waals surface area (Å²) in [7, 11) is 1.15. The fraction of sp³-hybridized carbons (Fsp3) is 0.308. The highest BCUT2D eigenvalue weighted by molar-refractivity contribution is 5.93. The molecular formula is C13H14N2O6. The highest BCUT2D eigenvalue weighted by Crippen LogP contribution is 2.09. The minimum Gasteiger partial charge on any atom is -0.467 e. The van der Waals surface area contributed by atoms with Crippen molar-refractivity contribution in [3.63, 3.8) is 0 Å². The van der Waals surface area contributed by atoms with E-state index in [0.717, 1.165) is 12.7 Å². The van der Waals surface area contributed by atoms with E-state index in [0.29, 0.717) is 0 Å². The van der Waals surface area contributed by atoms with Crippen LogP contribution in [0.15, 0.2) is 30.3 Å².